The zero-order valence-electron chi connectivity index (χ0n) is 20.0. The Kier molecular flexibility index (Phi) is 7.04. The average molecular weight is 463 g/mol. The summed E-state index contributed by atoms with van der Waals surface area (Å²) in [7, 11) is 0. The maximum Gasteiger partial charge on any atom is 0.276 e. The molecule has 0 spiro atoms. The second kappa shape index (κ2) is 10.5. The lowest BCUT2D eigenvalue weighted by molar-refractivity contribution is 0.0659. The van der Waals surface area contributed by atoms with Gasteiger partial charge in [-0.25, -0.2) is 0 Å². The van der Waals surface area contributed by atoms with E-state index < -0.39 is 0 Å². The molecular formula is C26H34N6O2. The molecule has 8 heteroatoms. The lowest BCUT2D eigenvalue weighted by Crippen LogP contribution is -2.41. The maximum absolute atomic E-state index is 13.5. The van der Waals surface area contributed by atoms with Gasteiger partial charge in [0.15, 0.2) is 5.69 Å². The maximum atomic E-state index is 13.5. The lowest BCUT2D eigenvalue weighted by atomic mass is 9.94. The van der Waals surface area contributed by atoms with E-state index in [9.17, 15) is 4.79 Å². The van der Waals surface area contributed by atoms with Crippen molar-refractivity contribution in [2.75, 3.05) is 26.2 Å². The number of rotatable bonds is 7. The number of piperidine rings is 2. The van der Waals surface area contributed by atoms with Crippen LogP contribution in [-0.4, -0.2) is 61.8 Å². The Bertz CT molecular complexity index is 1090. The molecule has 1 atom stereocenters. The minimum Gasteiger partial charge on any atom is -0.361 e. The van der Waals surface area contributed by atoms with Crippen molar-refractivity contribution in [3.05, 3.63) is 65.1 Å². The molecule has 34 heavy (non-hydrogen) atoms. The van der Waals surface area contributed by atoms with E-state index in [-0.39, 0.29) is 5.91 Å². The molecule has 1 amide bonds. The van der Waals surface area contributed by atoms with Gasteiger partial charge in [-0.1, -0.05) is 41.9 Å². The van der Waals surface area contributed by atoms with Crippen LogP contribution in [-0.2, 0) is 19.5 Å². The number of benzene rings is 1. The largest absolute Gasteiger partial charge is 0.361 e. The number of likely N-dealkylation sites (tertiary alicyclic amines) is 2. The number of aryl methyl sites for hydroxylation is 1. The monoisotopic (exact) mass is 462 g/mol. The highest BCUT2D eigenvalue weighted by molar-refractivity contribution is 5.93. The molecule has 2 saturated heterocycles. The number of amides is 1. The number of carbonyl (C=O) groups is 1. The van der Waals surface area contributed by atoms with Crippen LogP contribution >= 0.6 is 0 Å². The summed E-state index contributed by atoms with van der Waals surface area (Å²) in [6, 6.07) is 10.4. The van der Waals surface area contributed by atoms with Gasteiger partial charge in [0, 0.05) is 31.6 Å². The first kappa shape index (κ1) is 22.8. The number of aromatic nitrogens is 4. The molecule has 2 aromatic heterocycles. The Labute approximate surface area is 200 Å². The van der Waals surface area contributed by atoms with Crippen molar-refractivity contribution in [2.24, 2.45) is 5.92 Å². The average Bonchev–Trinajstić information content (AvgIpc) is 3.46. The van der Waals surface area contributed by atoms with Crippen LogP contribution < -0.4 is 0 Å². The summed E-state index contributed by atoms with van der Waals surface area (Å²) in [5.41, 5.74) is 2.68. The summed E-state index contributed by atoms with van der Waals surface area (Å²) in [5.74, 6) is 2.09. The fraction of sp³-hybridized carbons (Fsp3) is 0.538. The molecule has 3 aromatic rings. The van der Waals surface area contributed by atoms with Gasteiger partial charge in [0.05, 0.1) is 6.54 Å². The SMILES string of the molecule is Cc1onc(C(=O)N2CCCC(Cc3nncn3Cc3ccccc3)C2)c1CN1CCCCC1. The Morgan fingerprint density at radius 2 is 1.88 bits per heavy atom. The summed E-state index contributed by atoms with van der Waals surface area (Å²) >= 11 is 0. The zero-order chi connectivity index (χ0) is 23.3. The fourth-order valence-electron chi connectivity index (χ4n) is 5.26. The summed E-state index contributed by atoms with van der Waals surface area (Å²) in [4.78, 5) is 17.9. The van der Waals surface area contributed by atoms with E-state index in [0.29, 0.717) is 18.2 Å². The van der Waals surface area contributed by atoms with Gasteiger partial charge in [0.2, 0.25) is 0 Å². The molecule has 0 N–H and O–H groups in total. The summed E-state index contributed by atoms with van der Waals surface area (Å²) in [5, 5.41) is 12.8. The van der Waals surface area contributed by atoms with Gasteiger partial charge in [0.1, 0.15) is 17.9 Å². The lowest BCUT2D eigenvalue weighted by Gasteiger charge is -2.32. The normalized spacial score (nSPS) is 19.4. The Morgan fingerprint density at radius 3 is 2.71 bits per heavy atom. The quantitative estimate of drug-likeness (QED) is 0.533. The molecule has 0 bridgehead atoms. The minimum absolute atomic E-state index is 0.000637. The first-order valence-corrected chi connectivity index (χ1v) is 12.5. The van der Waals surface area contributed by atoms with Crippen LogP contribution in [0.4, 0.5) is 0 Å². The third kappa shape index (κ3) is 5.22. The van der Waals surface area contributed by atoms with Crippen molar-refractivity contribution in [3.8, 4) is 0 Å². The Balaban J connectivity index is 1.24. The van der Waals surface area contributed by atoms with E-state index in [1.807, 2.05) is 17.9 Å². The van der Waals surface area contributed by atoms with Gasteiger partial charge >= 0.3 is 0 Å². The molecule has 2 fully saturated rings. The fourth-order valence-corrected chi connectivity index (χ4v) is 5.26. The molecule has 1 aromatic carbocycles. The highest BCUT2D eigenvalue weighted by atomic mass is 16.5. The number of carbonyl (C=O) groups excluding carboxylic acids is 1. The molecule has 0 aliphatic carbocycles. The van der Waals surface area contributed by atoms with Crippen molar-refractivity contribution in [1.82, 2.24) is 29.7 Å². The zero-order valence-corrected chi connectivity index (χ0v) is 20.0. The van der Waals surface area contributed by atoms with Crippen LogP contribution in [0.1, 0.15) is 65.3 Å². The second-order valence-electron chi connectivity index (χ2n) is 9.73. The van der Waals surface area contributed by atoms with E-state index in [4.69, 9.17) is 4.52 Å². The van der Waals surface area contributed by atoms with Crippen molar-refractivity contribution >= 4 is 5.91 Å². The van der Waals surface area contributed by atoms with Gasteiger partial charge in [-0.2, -0.15) is 0 Å². The van der Waals surface area contributed by atoms with Gasteiger partial charge in [-0.15, -0.1) is 10.2 Å². The first-order chi connectivity index (χ1) is 16.7. The van der Waals surface area contributed by atoms with Crippen molar-refractivity contribution in [3.63, 3.8) is 0 Å². The standard InChI is InChI=1S/C26H34N6O2/c1-20-23(18-30-12-6-3-7-13-30)25(29-34-20)26(33)31-14-8-11-22(17-31)15-24-28-27-19-32(24)16-21-9-4-2-5-10-21/h2,4-5,9-10,19,22H,3,6-8,11-18H2,1H3. The molecule has 1 unspecified atom stereocenters. The van der Waals surface area contributed by atoms with Gasteiger partial charge in [-0.05, 0) is 57.2 Å². The predicted molar refractivity (Wildman–Crippen MR) is 128 cm³/mol. The van der Waals surface area contributed by atoms with Crippen molar-refractivity contribution in [2.45, 2.75) is 58.5 Å². The minimum atomic E-state index is -0.000637. The van der Waals surface area contributed by atoms with E-state index in [2.05, 4.69) is 49.1 Å². The molecule has 2 aliphatic rings. The van der Waals surface area contributed by atoms with Crippen LogP contribution in [0, 0.1) is 12.8 Å². The van der Waals surface area contributed by atoms with Crippen LogP contribution in [0.25, 0.3) is 0 Å². The Hall–Kier alpha value is -3.00. The molecule has 180 valence electrons. The van der Waals surface area contributed by atoms with Crippen LogP contribution in [0.15, 0.2) is 41.2 Å². The Morgan fingerprint density at radius 1 is 1.06 bits per heavy atom. The van der Waals surface area contributed by atoms with Gasteiger partial charge < -0.3 is 14.0 Å². The summed E-state index contributed by atoms with van der Waals surface area (Å²) < 4.78 is 7.61. The topological polar surface area (TPSA) is 80.3 Å². The highest BCUT2D eigenvalue weighted by Crippen LogP contribution is 2.25. The van der Waals surface area contributed by atoms with E-state index >= 15 is 0 Å². The third-order valence-corrected chi connectivity index (χ3v) is 7.19. The van der Waals surface area contributed by atoms with Crippen molar-refractivity contribution in [1.29, 1.82) is 0 Å². The highest BCUT2D eigenvalue weighted by Gasteiger charge is 2.30. The molecule has 2 aliphatic heterocycles. The second-order valence-corrected chi connectivity index (χ2v) is 9.73. The van der Waals surface area contributed by atoms with Crippen molar-refractivity contribution < 1.29 is 9.32 Å². The van der Waals surface area contributed by atoms with E-state index in [1.54, 1.807) is 6.33 Å². The molecule has 0 radical (unpaired) electrons. The van der Waals surface area contributed by atoms with E-state index in [0.717, 1.165) is 69.1 Å². The van der Waals surface area contributed by atoms with Crippen LogP contribution in [0.5, 0.6) is 0 Å². The number of hydrogen-bond acceptors (Lipinski definition) is 6. The smallest absolute Gasteiger partial charge is 0.276 e. The molecule has 4 heterocycles. The molecule has 0 saturated carbocycles. The van der Waals surface area contributed by atoms with Gasteiger partial charge in [0.25, 0.3) is 5.91 Å². The molecule has 5 rings (SSSR count). The number of hydrogen-bond donors (Lipinski definition) is 0. The summed E-state index contributed by atoms with van der Waals surface area (Å²) in [6.45, 7) is 7.06. The molecule has 8 nitrogen and oxygen atoms in total. The summed E-state index contributed by atoms with van der Waals surface area (Å²) in [6.07, 6.45) is 8.42. The third-order valence-electron chi connectivity index (χ3n) is 7.19. The van der Waals surface area contributed by atoms with Crippen LogP contribution in [0.3, 0.4) is 0 Å². The van der Waals surface area contributed by atoms with Crippen LogP contribution in [0.2, 0.25) is 0 Å². The molecular weight excluding hydrogens is 428 g/mol. The predicted octanol–water partition coefficient (Wildman–Crippen LogP) is 3.70. The van der Waals surface area contributed by atoms with Gasteiger partial charge in [-0.3, -0.25) is 9.69 Å². The first-order valence-electron chi connectivity index (χ1n) is 12.5. The number of nitrogens with zero attached hydrogens (tertiary/aromatic N) is 6. The van der Waals surface area contributed by atoms with E-state index in [1.165, 1.54) is 24.8 Å².